The lowest BCUT2D eigenvalue weighted by Gasteiger charge is -2.21. The van der Waals surface area contributed by atoms with Gasteiger partial charge in [-0.05, 0) is 74.5 Å². The fourth-order valence-electron chi connectivity index (χ4n) is 4.22. The van der Waals surface area contributed by atoms with Gasteiger partial charge in [-0.2, -0.15) is 0 Å². The van der Waals surface area contributed by atoms with Crippen LogP contribution in [-0.2, 0) is 0 Å². The minimum Gasteiger partial charge on any atom is -0.480 e. The van der Waals surface area contributed by atoms with Crippen LogP contribution in [0, 0.1) is 5.82 Å². The van der Waals surface area contributed by atoms with Crippen LogP contribution in [-0.4, -0.2) is 34.0 Å². The molecule has 1 aliphatic carbocycles. The molecule has 1 aromatic heterocycles. The predicted molar refractivity (Wildman–Crippen MR) is 139 cm³/mol. The number of hydrogen-bond acceptors (Lipinski definition) is 6. The molecular formula is C28H23F4N5O2. The van der Waals surface area contributed by atoms with Gasteiger partial charge < -0.3 is 19.4 Å². The number of alkyl halides is 3. The van der Waals surface area contributed by atoms with Gasteiger partial charge in [0.25, 0.3) is 0 Å². The summed E-state index contributed by atoms with van der Waals surface area (Å²) in [5.41, 5.74) is 3.78. The molecule has 5 rings (SSSR count). The lowest BCUT2D eigenvalue weighted by atomic mass is 10.1. The Morgan fingerprint density at radius 1 is 0.974 bits per heavy atom. The summed E-state index contributed by atoms with van der Waals surface area (Å²) in [4.78, 5) is 13.7. The quantitative estimate of drug-likeness (QED) is 0.195. The largest absolute Gasteiger partial charge is 0.573 e. The molecule has 1 N–H and O–H groups in total. The molecule has 2 aliphatic rings. The van der Waals surface area contributed by atoms with Crippen molar-refractivity contribution in [2.75, 3.05) is 12.4 Å². The normalized spacial score (nSPS) is 12.4. The van der Waals surface area contributed by atoms with E-state index in [1.165, 1.54) is 43.5 Å². The Kier molecular flexibility index (Phi) is 6.81. The first kappa shape index (κ1) is 26.0. The zero-order chi connectivity index (χ0) is 27.7. The highest BCUT2D eigenvalue weighted by atomic mass is 19.4. The molecule has 0 saturated heterocycles. The van der Waals surface area contributed by atoms with Gasteiger partial charge in [-0.1, -0.05) is 0 Å². The molecule has 0 amide bonds. The molecule has 0 saturated carbocycles. The van der Waals surface area contributed by atoms with Gasteiger partial charge in [-0.25, -0.2) is 14.4 Å². The minimum absolute atomic E-state index is 0.0615. The Hall–Kier alpha value is -4.67. The number of anilines is 2. The zero-order valence-electron chi connectivity index (χ0n) is 21.1. The van der Waals surface area contributed by atoms with E-state index in [9.17, 15) is 17.6 Å². The highest BCUT2D eigenvalue weighted by Crippen LogP contribution is 2.33. The van der Waals surface area contributed by atoms with E-state index in [2.05, 4.69) is 15.0 Å². The number of halogens is 4. The van der Waals surface area contributed by atoms with Crippen molar-refractivity contribution in [3.8, 4) is 28.7 Å². The molecule has 1 aliphatic heterocycles. The van der Waals surface area contributed by atoms with Crippen molar-refractivity contribution in [2.45, 2.75) is 26.3 Å². The van der Waals surface area contributed by atoms with E-state index < -0.39 is 12.2 Å². The van der Waals surface area contributed by atoms with E-state index in [0.717, 1.165) is 0 Å². The first-order valence-electron chi connectivity index (χ1n) is 11.9. The van der Waals surface area contributed by atoms with Crippen molar-refractivity contribution in [3.05, 3.63) is 84.1 Å². The summed E-state index contributed by atoms with van der Waals surface area (Å²) in [5, 5.41) is 3.92. The summed E-state index contributed by atoms with van der Waals surface area (Å²) in [6.07, 6.45) is -3.20. The average Bonchev–Trinajstić information content (AvgIpc) is 2.87. The lowest BCUT2D eigenvalue weighted by Crippen LogP contribution is -2.17. The van der Waals surface area contributed by atoms with Crippen LogP contribution >= 0.6 is 0 Å². The highest BCUT2D eigenvalue weighted by Gasteiger charge is 2.31. The number of nitrogens with one attached hydrogen (secondary N) is 1. The van der Waals surface area contributed by atoms with Crippen LogP contribution in [0.2, 0.25) is 0 Å². The fraction of sp³-hybridized carbons (Fsp3) is 0.179. The number of benzene rings is 3. The number of fused-ring (bicyclic) bond motifs is 2. The minimum atomic E-state index is -4.81. The number of aromatic nitrogens is 3. The van der Waals surface area contributed by atoms with Crippen molar-refractivity contribution in [1.29, 1.82) is 0 Å². The summed E-state index contributed by atoms with van der Waals surface area (Å²) in [7, 11) is 1.52. The molecule has 2 aromatic carbocycles. The Bertz CT molecular complexity index is 1680. The molecule has 0 spiro atoms. The van der Waals surface area contributed by atoms with Crippen LogP contribution in [0.3, 0.4) is 0 Å². The van der Waals surface area contributed by atoms with Gasteiger partial charge in [0.2, 0.25) is 5.88 Å². The predicted octanol–water partition coefficient (Wildman–Crippen LogP) is 6.62. The van der Waals surface area contributed by atoms with Gasteiger partial charge in [0.15, 0.2) is 0 Å². The maximum absolute atomic E-state index is 14.2. The van der Waals surface area contributed by atoms with Crippen molar-refractivity contribution < 1.29 is 27.0 Å². The monoisotopic (exact) mass is 537 g/mol. The average molecular weight is 538 g/mol. The van der Waals surface area contributed by atoms with Crippen LogP contribution < -0.4 is 20.1 Å². The third-order valence-electron chi connectivity index (χ3n) is 5.71. The van der Waals surface area contributed by atoms with Crippen LogP contribution in [0.5, 0.6) is 11.6 Å². The Morgan fingerprint density at radius 3 is 2.44 bits per heavy atom. The molecule has 2 heterocycles. The van der Waals surface area contributed by atoms with Gasteiger partial charge in [-0.15, -0.1) is 13.2 Å². The Balaban J connectivity index is 1.76. The molecule has 0 bridgehead atoms. The molecule has 0 unspecified atom stereocenters. The number of pyridine rings is 1. The van der Waals surface area contributed by atoms with E-state index in [0.29, 0.717) is 50.7 Å². The van der Waals surface area contributed by atoms with E-state index >= 15 is 0 Å². The molecule has 0 atom stereocenters. The number of nitrogens with zero attached hydrogens (tertiary/aromatic N) is 4. The number of ether oxygens (including phenoxy) is 2. The molecule has 0 radical (unpaired) electrons. The molecule has 0 fully saturated rings. The van der Waals surface area contributed by atoms with Gasteiger partial charge in [0.05, 0.1) is 40.6 Å². The number of rotatable bonds is 6. The van der Waals surface area contributed by atoms with Crippen molar-refractivity contribution in [2.24, 2.45) is 4.99 Å². The third-order valence-corrected chi connectivity index (χ3v) is 5.71. The second-order valence-corrected chi connectivity index (χ2v) is 8.89. The second kappa shape index (κ2) is 10.2. The van der Waals surface area contributed by atoms with Gasteiger partial charge in [0.1, 0.15) is 17.3 Å². The topological polar surface area (TPSA) is 73.6 Å². The summed E-state index contributed by atoms with van der Waals surface area (Å²) < 4.78 is 63.5. The fourth-order valence-corrected chi connectivity index (χ4v) is 4.22. The van der Waals surface area contributed by atoms with Crippen molar-refractivity contribution in [1.82, 2.24) is 14.5 Å². The molecular weight excluding hydrogens is 514 g/mol. The Morgan fingerprint density at radius 2 is 1.74 bits per heavy atom. The van der Waals surface area contributed by atoms with Gasteiger partial charge >= 0.3 is 6.36 Å². The first-order valence-corrected chi connectivity index (χ1v) is 11.9. The van der Waals surface area contributed by atoms with Crippen LogP contribution in [0.4, 0.5) is 28.9 Å². The van der Waals surface area contributed by atoms with Crippen molar-refractivity contribution >= 4 is 22.4 Å². The third kappa shape index (κ3) is 5.62. The molecule has 11 heteroatoms. The van der Waals surface area contributed by atoms with Gasteiger partial charge in [-0.3, -0.25) is 4.99 Å². The molecule has 7 nitrogen and oxygen atoms in total. The highest BCUT2D eigenvalue weighted by molar-refractivity contribution is 5.84. The molecule has 200 valence electrons. The summed E-state index contributed by atoms with van der Waals surface area (Å²) >= 11 is 0. The standard InChI is InChI=1S/C28H23F4N5O2/c1-16(2)34-22-15-26-24(14-21(22)35-20-5-4-12-33-27(20)38-3)36-23-13-17(29)6-11-25(23)37(26)18-7-9-19(10-8-18)39-28(30,31)32/h4-16,35H,1-3H3/b34-22+. The number of methoxy groups -OCH3 is 1. The smallest absolute Gasteiger partial charge is 0.480 e. The van der Waals surface area contributed by atoms with Crippen LogP contribution in [0.15, 0.2) is 77.9 Å². The SMILES string of the molecule is COc1ncccc1Nc1cc2nc3cc(F)ccc3n(-c3ccc(OC(F)(F)F)cc3)c-2c/c1=N\C(C)C. The first-order chi connectivity index (χ1) is 18.6. The van der Waals surface area contributed by atoms with Crippen LogP contribution in [0.1, 0.15) is 13.8 Å². The summed E-state index contributed by atoms with van der Waals surface area (Å²) in [6.45, 7) is 3.88. The molecule has 39 heavy (non-hydrogen) atoms. The molecule has 3 aromatic rings. The summed E-state index contributed by atoms with van der Waals surface area (Å²) in [6, 6.07) is 16.7. The zero-order valence-corrected chi connectivity index (χ0v) is 21.1. The lowest BCUT2D eigenvalue weighted by molar-refractivity contribution is -0.274. The van der Waals surface area contributed by atoms with E-state index in [4.69, 9.17) is 14.7 Å². The second-order valence-electron chi connectivity index (χ2n) is 8.89. The van der Waals surface area contributed by atoms with E-state index in [1.807, 2.05) is 26.0 Å². The van der Waals surface area contributed by atoms with E-state index in [1.54, 1.807) is 29.0 Å². The van der Waals surface area contributed by atoms with E-state index in [-0.39, 0.29) is 11.8 Å². The van der Waals surface area contributed by atoms with Crippen LogP contribution in [0.25, 0.3) is 28.1 Å². The maximum Gasteiger partial charge on any atom is 0.573 e. The maximum atomic E-state index is 14.2. The summed E-state index contributed by atoms with van der Waals surface area (Å²) in [5.74, 6) is -0.439. The number of hydrogen-bond donors (Lipinski definition) is 1. The Labute approximate surface area is 220 Å². The van der Waals surface area contributed by atoms with Crippen molar-refractivity contribution in [3.63, 3.8) is 0 Å². The van der Waals surface area contributed by atoms with Gasteiger partial charge in [0, 0.05) is 24.0 Å².